The minimum absolute atomic E-state index is 0.0130. The number of ether oxygens (including phenoxy) is 2. The number of hydrogen-bond acceptors (Lipinski definition) is 5. The van der Waals surface area contributed by atoms with Gasteiger partial charge in [0, 0.05) is 6.08 Å². The van der Waals surface area contributed by atoms with Crippen LogP contribution in [0.25, 0.3) is 22.3 Å². The van der Waals surface area contributed by atoms with E-state index >= 15 is 0 Å². The Bertz CT molecular complexity index is 1490. The molecular formula is C41H48O5. The van der Waals surface area contributed by atoms with Crippen LogP contribution in [0.3, 0.4) is 0 Å². The van der Waals surface area contributed by atoms with E-state index in [9.17, 15) is 9.59 Å². The van der Waals surface area contributed by atoms with Crippen LogP contribution in [0.5, 0.6) is 11.5 Å². The van der Waals surface area contributed by atoms with Crippen LogP contribution in [-0.4, -0.2) is 23.7 Å². The molecule has 0 heterocycles. The minimum atomic E-state index is -0.640. The molecule has 5 heteroatoms. The van der Waals surface area contributed by atoms with Gasteiger partial charge in [0.15, 0.2) is 0 Å². The molecule has 242 valence electrons. The van der Waals surface area contributed by atoms with Crippen LogP contribution < -0.4 is 9.47 Å². The third kappa shape index (κ3) is 8.44. The average Bonchev–Trinajstić information content (AvgIpc) is 3.11. The molecule has 0 saturated heterocycles. The molecule has 1 N–H and O–H groups in total. The van der Waals surface area contributed by atoms with Gasteiger partial charge >= 0.3 is 11.9 Å². The van der Waals surface area contributed by atoms with Crippen molar-refractivity contribution in [1.29, 1.82) is 0 Å². The maximum atomic E-state index is 12.0. The largest absolute Gasteiger partial charge is 0.423 e. The number of aliphatic hydroxyl groups excluding tert-OH is 1. The van der Waals surface area contributed by atoms with Crippen molar-refractivity contribution in [2.24, 2.45) is 17.8 Å². The normalized spacial score (nSPS) is 21.3. The van der Waals surface area contributed by atoms with E-state index in [0.717, 1.165) is 47.3 Å². The van der Waals surface area contributed by atoms with Gasteiger partial charge in [0.05, 0.1) is 12.2 Å². The molecule has 0 aromatic heterocycles. The van der Waals surface area contributed by atoms with E-state index in [-0.39, 0.29) is 5.57 Å². The Kier molecular flexibility index (Phi) is 11.7. The summed E-state index contributed by atoms with van der Waals surface area (Å²) in [4.78, 5) is 24.0. The molecule has 0 spiro atoms. The summed E-state index contributed by atoms with van der Waals surface area (Å²) in [6.07, 6.45) is 15.8. The van der Waals surface area contributed by atoms with Crippen molar-refractivity contribution in [2.75, 3.05) is 6.61 Å². The first-order chi connectivity index (χ1) is 22.4. The third-order valence-electron chi connectivity index (χ3n) is 10.2. The van der Waals surface area contributed by atoms with Crippen LogP contribution in [0, 0.1) is 17.8 Å². The van der Waals surface area contributed by atoms with Crippen molar-refractivity contribution in [3.8, 4) is 33.8 Å². The minimum Gasteiger partial charge on any atom is -0.423 e. The molecule has 0 amide bonds. The molecular weight excluding hydrogens is 572 g/mol. The molecule has 2 saturated carbocycles. The summed E-state index contributed by atoms with van der Waals surface area (Å²) in [5, 5.41) is 9.09. The Morgan fingerprint density at radius 3 is 1.93 bits per heavy atom. The summed E-state index contributed by atoms with van der Waals surface area (Å²) in [6.45, 7) is 8.93. The van der Waals surface area contributed by atoms with Crippen molar-refractivity contribution in [3.05, 3.63) is 97.1 Å². The lowest BCUT2D eigenvalue weighted by atomic mass is 9.67. The zero-order chi connectivity index (χ0) is 32.5. The first-order valence-corrected chi connectivity index (χ1v) is 17.1. The van der Waals surface area contributed by atoms with E-state index in [1.54, 1.807) is 12.1 Å². The van der Waals surface area contributed by atoms with Gasteiger partial charge in [-0.3, -0.25) is 0 Å². The van der Waals surface area contributed by atoms with Gasteiger partial charge in [-0.25, -0.2) is 9.59 Å². The van der Waals surface area contributed by atoms with Crippen LogP contribution in [0.1, 0.15) is 89.0 Å². The Morgan fingerprint density at radius 2 is 1.35 bits per heavy atom. The maximum Gasteiger partial charge on any atom is 0.341 e. The molecule has 46 heavy (non-hydrogen) atoms. The zero-order valence-corrected chi connectivity index (χ0v) is 27.2. The number of esters is 2. The molecule has 0 atom stereocenters. The van der Waals surface area contributed by atoms with Crippen LogP contribution >= 0.6 is 0 Å². The molecule has 2 aliphatic rings. The van der Waals surface area contributed by atoms with Gasteiger partial charge in [-0.05, 0) is 114 Å². The number of carbonyl (C=O) groups is 2. The Morgan fingerprint density at radius 1 is 0.783 bits per heavy atom. The zero-order valence-electron chi connectivity index (χ0n) is 27.2. The van der Waals surface area contributed by atoms with Crippen molar-refractivity contribution < 1.29 is 24.2 Å². The van der Waals surface area contributed by atoms with E-state index in [1.165, 1.54) is 75.0 Å². The monoisotopic (exact) mass is 620 g/mol. The molecule has 0 aliphatic heterocycles. The summed E-state index contributed by atoms with van der Waals surface area (Å²) in [5.41, 5.74) is 5.61. The topological polar surface area (TPSA) is 72.8 Å². The van der Waals surface area contributed by atoms with E-state index in [1.807, 2.05) is 18.2 Å². The molecule has 0 bridgehead atoms. The summed E-state index contributed by atoms with van der Waals surface area (Å²) < 4.78 is 10.8. The van der Waals surface area contributed by atoms with Crippen molar-refractivity contribution >= 4 is 11.9 Å². The van der Waals surface area contributed by atoms with Gasteiger partial charge in [-0.1, -0.05) is 94.7 Å². The fourth-order valence-corrected chi connectivity index (χ4v) is 7.51. The molecule has 0 radical (unpaired) electrons. The van der Waals surface area contributed by atoms with E-state index in [4.69, 9.17) is 14.6 Å². The lowest BCUT2D eigenvalue weighted by molar-refractivity contribution is -0.131. The van der Waals surface area contributed by atoms with Gasteiger partial charge in [0.25, 0.3) is 0 Å². The van der Waals surface area contributed by atoms with Gasteiger partial charge in [-0.2, -0.15) is 0 Å². The number of benzene rings is 3. The van der Waals surface area contributed by atoms with Crippen LogP contribution in [0.15, 0.2) is 91.5 Å². The molecule has 2 aliphatic carbocycles. The second-order valence-electron chi connectivity index (χ2n) is 13.2. The van der Waals surface area contributed by atoms with E-state index in [2.05, 4.69) is 56.5 Å². The summed E-state index contributed by atoms with van der Waals surface area (Å²) >= 11 is 0. The van der Waals surface area contributed by atoms with Crippen molar-refractivity contribution in [3.63, 3.8) is 0 Å². The van der Waals surface area contributed by atoms with Crippen molar-refractivity contribution in [1.82, 2.24) is 0 Å². The lowest BCUT2D eigenvalue weighted by Crippen LogP contribution is -2.25. The molecule has 5 nitrogen and oxygen atoms in total. The van der Waals surface area contributed by atoms with Crippen LogP contribution in [0.2, 0.25) is 0 Å². The standard InChI is InChI=1S/C41H48O5/c1-4-6-7-29-8-10-30(11-9-29)31-14-18-35(19-15-31)39-26-37(45-40(43)5-2)24-25-38(39)34-16-12-32(13-17-34)33-20-22-36(23-21-33)46-41(44)28(3)27-42/h5,12-13,16-17,20-26,29-31,35,42H,2-4,6-11,14-15,18-19,27H2,1H3. The molecule has 3 aromatic rings. The Hall–Kier alpha value is -3.96. The number of carbonyl (C=O) groups excluding carboxylic acids is 2. The molecule has 2 fully saturated rings. The number of aliphatic hydroxyl groups is 1. The summed E-state index contributed by atoms with van der Waals surface area (Å²) in [5.74, 6) is 2.96. The van der Waals surface area contributed by atoms with Gasteiger partial charge < -0.3 is 14.6 Å². The summed E-state index contributed by atoms with van der Waals surface area (Å²) in [6, 6.07) is 21.8. The SMILES string of the molecule is C=CC(=O)Oc1ccc(-c2ccc(-c3ccc(OC(=O)C(=C)CO)cc3)cc2)c(C2CCC(C3CCC(CCCC)CC3)CC2)c1. The highest BCUT2D eigenvalue weighted by molar-refractivity contribution is 5.89. The quantitative estimate of drug-likeness (QED) is 0.124. The highest BCUT2D eigenvalue weighted by atomic mass is 16.5. The molecule has 5 rings (SSSR count). The Balaban J connectivity index is 1.29. The highest BCUT2D eigenvalue weighted by Crippen LogP contribution is 2.47. The lowest BCUT2D eigenvalue weighted by Gasteiger charge is -2.38. The number of hydrogen-bond donors (Lipinski definition) is 1. The predicted molar refractivity (Wildman–Crippen MR) is 185 cm³/mol. The summed E-state index contributed by atoms with van der Waals surface area (Å²) in [7, 11) is 0. The molecule has 0 unspecified atom stereocenters. The van der Waals surface area contributed by atoms with Crippen LogP contribution in [0.4, 0.5) is 0 Å². The fraction of sp³-hybridized carbons (Fsp3) is 0.415. The fourth-order valence-electron chi connectivity index (χ4n) is 7.51. The van der Waals surface area contributed by atoms with Crippen LogP contribution in [-0.2, 0) is 9.59 Å². The van der Waals surface area contributed by atoms with Gasteiger partial charge in [0.1, 0.15) is 11.5 Å². The first-order valence-electron chi connectivity index (χ1n) is 17.1. The number of rotatable bonds is 12. The average molecular weight is 621 g/mol. The first kappa shape index (κ1) is 33.4. The Labute approximate surface area is 274 Å². The van der Waals surface area contributed by atoms with Gasteiger partial charge in [-0.15, -0.1) is 0 Å². The maximum absolute atomic E-state index is 12.0. The predicted octanol–water partition coefficient (Wildman–Crippen LogP) is 9.84. The molecule has 3 aromatic carbocycles. The smallest absolute Gasteiger partial charge is 0.341 e. The van der Waals surface area contributed by atoms with Crippen molar-refractivity contribution in [2.45, 2.75) is 83.5 Å². The second kappa shape index (κ2) is 16.0. The third-order valence-corrected chi connectivity index (χ3v) is 10.2. The second-order valence-corrected chi connectivity index (χ2v) is 13.2. The van der Waals surface area contributed by atoms with Gasteiger partial charge in [0.2, 0.25) is 0 Å². The van der Waals surface area contributed by atoms with E-state index < -0.39 is 18.5 Å². The van der Waals surface area contributed by atoms with E-state index in [0.29, 0.717) is 17.4 Å². The highest BCUT2D eigenvalue weighted by Gasteiger charge is 2.32. The number of unbranched alkanes of at least 4 members (excludes halogenated alkanes) is 1.